The Morgan fingerprint density at radius 2 is 2.00 bits per heavy atom. The number of nitrogens with zero attached hydrogens (tertiary/aromatic N) is 2. The first-order valence-corrected chi connectivity index (χ1v) is 6.66. The Morgan fingerprint density at radius 3 is 2.62 bits per heavy atom. The van der Waals surface area contributed by atoms with Crippen LogP contribution in [-0.2, 0) is 11.8 Å². The first-order valence-electron chi connectivity index (χ1n) is 5.54. The summed E-state index contributed by atoms with van der Waals surface area (Å²) in [7, 11) is 0. The minimum Gasteiger partial charge on any atom is -0.238 e. The molecule has 0 amide bonds. The Morgan fingerprint density at radius 1 is 1.25 bits per heavy atom. The van der Waals surface area contributed by atoms with Gasteiger partial charge < -0.3 is 0 Å². The fourth-order valence-corrected chi connectivity index (χ4v) is 2.28. The Balaban J connectivity index is 2.44. The molecule has 0 N–H and O–H groups in total. The minimum atomic E-state index is 0.870. The zero-order chi connectivity index (χ0) is 11.4. The smallest absolute Gasteiger partial charge is 0.0648 e. The van der Waals surface area contributed by atoms with Gasteiger partial charge in [-0.3, -0.25) is 0 Å². The fourth-order valence-electron chi connectivity index (χ4n) is 1.81. The van der Waals surface area contributed by atoms with E-state index >= 15 is 0 Å². The van der Waals surface area contributed by atoms with Crippen molar-refractivity contribution in [2.75, 3.05) is 0 Å². The number of alkyl halides is 1. The zero-order valence-corrected chi connectivity index (χ0v) is 10.9. The molecule has 0 atom stereocenters. The highest BCUT2D eigenvalue weighted by molar-refractivity contribution is 9.08. The van der Waals surface area contributed by atoms with Gasteiger partial charge in [0, 0.05) is 16.6 Å². The van der Waals surface area contributed by atoms with Gasteiger partial charge in [0.1, 0.15) is 0 Å². The quantitative estimate of drug-likeness (QED) is 0.780. The highest BCUT2D eigenvalue weighted by Gasteiger charge is 2.09. The van der Waals surface area contributed by atoms with Crippen LogP contribution >= 0.6 is 15.9 Å². The lowest BCUT2D eigenvalue weighted by Crippen LogP contribution is -2.02. The molecule has 84 valence electrons. The maximum absolute atomic E-state index is 4.46. The molecule has 0 fully saturated rings. The number of hydrogen-bond acceptors (Lipinski definition) is 1. The molecule has 0 saturated heterocycles. The maximum atomic E-state index is 4.46. The van der Waals surface area contributed by atoms with Crippen LogP contribution in [0.3, 0.4) is 0 Å². The average Bonchev–Trinajstić information content (AvgIpc) is 2.74. The molecule has 1 aromatic carbocycles. The molecule has 2 nitrogen and oxygen atoms in total. The summed E-state index contributed by atoms with van der Waals surface area (Å²) in [6.07, 6.45) is 4.15. The minimum absolute atomic E-state index is 0.870. The van der Waals surface area contributed by atoms with Gasteiger partial charge in [-0.1, -0.05) is 47.5 Å². The standard InChI is InChI=1S/C13H15BrN2/c1-2-6-13-11(9-14)10-15-16(13)12-7-4-3-5-8-12/h3-5,7-8,10H,2,6,9H2,1H3. The summed E-state index contributed by atoms with van der Waals surface area (Å²) in [6.45, 7) is 2.19. The molecule has 0 aliphatic carbocycles. The highest BCUT2D eigenvalue weighted by Crippen LogP contribution is 2.18. The van der Waals surface area contributed by atoms with Gasteiger partial charge in [-0.2, -0.15) is 5.10 Å². The van der Waals surface area contributed by atoms with Crippen LogP contribution in [0.15, 0.2) is 36.5 Å². The van der Waals surface area contributed by atoms with E-state index in [1.807, 2.05) is 29.1 Å². The average molecular weight is 279 g/mol. The summed E-state index contributed by atoms with van der Waals surface area (Å²) < 4.78 is 2.04. The van der Waals surface area contributed by atoms with Crippen LogP contribution in [0.2, 0.25) is 0 Å². The van der Waals surface area contributed by atoms with Gasteiger partial charge in [-0.05, 0) is 18.6 Å². The molecule has 1 aromatic heterocycles. The van der Waals surface area contributed by atoms with Crippen molar-refractivity contribution in [2.45, 2.75) is 25.1 Å². The van der Waals surface area contributed by atoms with Crippen molar-refractivity contribution in [3.05, 3.63) is 47.8 Å². The largest absolute Gasteiger partial charge is 0.238 e. The Labute approximate surface area is 104 Å². The van der Waals surface area contributed by atoms with Gasteiger partial charge in [0.2, 0.25) is 0 Å². The van der Waals surface area contributed by atoms with Gasteiger partial charge in [0.05, 0.1) is 11.9 Å². The molecule has 0 aliphatic heterocycles. The predicted octanol–water partition coefficient (Wildman–Crippen LogP) is 3.72. The van der Waals surface area contributed by atoms with E-state index < -0.39 is 0 Å². The lowest BCUT2D eigenvalue weighted by atomic mass is 10.2. The van der Waals surface area contributed by atoms with Crippen LogP contribution < -0.4 is 0 Å². The molecule has 0 aliphatic rings. The highest BCUT2D eigenvalue weighted by atomic mass is 79.9. The second-order valence-corrected chi connectivity index (χ2v) is 4.31. The van der Waals surface area contributed by atoms with Crippen molar-refractivity contribution in [3.63, 3.8) is 0 Å². The number of rotatable bonds is 4. The summed E-state index contributed by atoms with van der Waals surface area (Å²) in [4.78, 5) is 0. The first kappa shape index (κ1) is 11.4. The summed E-state index contributed by atoms with van der Waals surface area (Å²) in [5, 5.41) is 5.33. The molecule has 2 aromatic rings. The zero-order valence-electron chi connectivity index (χ0n) is 9.36. The van der Waals surface area contributed by atoms with E-state index in [1.165, 1.54) is 11.3 Å². The molecular formula is C13H15BrN2. The van der Waals surface area contributed by atoms with Crippen molar-refractivity contribution in [2.24, 2.45) is 0 Å². The third-order valence-electron chi connectivity index (χ3n) is 2.59. The van der Waals surface area contributed by atoms with Gasteiger partial charge in [0.25, 0.3) is 0 Å². The van der Waals surface area contributed by atoms with Crippen molar-refractivity contribution in [3.8, 4) is 5.69 Å². The SMILES string of the molecule is CCCc1c(CBr)cnn1-c1ccccc1. The van der Waals surface area contributed by atoms with E-state index in [9.17, 15) is 0 Å². The van der Waals surface area contributed by atoms with Crippen molar-refractivity contribution in [1.29, 1.82) is 0 Å². The Kier molecular flexibility index (Phi) is 3.78. The molecule has 0 radical (unpaired) electrons. The second-order valence-electron chi connectivity index (χ2n) is 3.75. The van der Waals surface area contributed by atoms with Crippen LogP contribution in [0.4, 0.5) is 0 Å². The van der Waals surface area contributed by atoms with Gasteiger partial charge in [0.15, 0.2) is 0 Å². The van der Waals surface area contributed by atoms with Crippen LogP contribution in [0, 0.1) is 0 Å². The van der Waals surface area contributed by atoms with Crippen molar-refractivity contribution < 1.29 is 0 Å². The third kappa shape index (κ3) is 2.19. The molecule has 0 bridgehead atoms. The van der Waals surface area contributed by atoms with E-state index in [0.717, 1.165) is 23.9 Å². The maximum Gasteiger partial charge on any atom is 0.0648 e. The van der Waals surface area contributed by atoms with Crippen molar-refractivity contribution >= 4 is 15.9 Å². The van der Waals surface area contributed by atoms with Gasteiger partial charge in [-0.15, -0.1) is 0 Å². The van der Waals surface area contributed by atoms with Crippen molar-refractivity contribution in [1.82, 2.24) is 9.78 Å². The number of benzene rings is 1. The van der Waals surface area contributed by atoms with Crippen LogP contribution in [0.25, 0.3) is 5.69 Å². The summed E-state index contributed by atoms with van der Waals surface area (Å²) in [6, 6.07) is 10.3. The summed E-state index contributed by atoms with van der Waals surface area (Å²) >= 11 is 3.51. The molecule has 16 heavy (non-hydrogen) atoms. The van der Waals surface area contributed by atoms with Crippen LogP contribution in [0.5, 0.6) is 0 Å². The number of aromatic nitrogens is 2. The monoisotopic (exact) mass is 278 g/mol. The summed E-state index contributed by atoms with van der Waals surface area (Å²) in [5.41, 5.74) is 3.73. The lowest BCUT2D eigenvalue weighted by molar-refractivity contribution is 0.771. The summed E-state index contributed by atoms with van der Waals surface area (Å²) in [5.74, 6) is 0. The normalized spacial score (nSPS) is 10.6. The van der Waals surface area contributed by atoms with E-state index in [-0.39, 0.29) is 0 Å². The van der Waals surface area contributed by atoms with E-state index in [4.69, 9.17) is 0 Å². The molecule has 0 unspecified atom stereocenters. The first-order chi connectivity index (χ1) is 7.86. The van der Waals surface area contributed by atoms with E-state index in [1.54, 1.807) is 0 Å². The van der Waals surface area contributed by atoms with Gasteiger partial charge >= 0.3 is 0 Å². The van der Waals surface area contributed by atoms with Crippen LogP contribution in [0.1, 0.15) is 24.6 Å². The van der Waals surface area contributed by atoms with Gasteiger partial charge in [-0.25, -0.2) is 4.68 Å². The second kappa shape index (κ2) is 5.30. The lowest BCUT2D eigenvalue weighted by Gasteiger charge is -2.07. The Bertz CT molecular complexity index is 448. The predicted molar refractivity (Wildman–Crippen MR) is 70.2 cm³/mol. The number of para-hydroxylation sites is 1. The fraction of sp³-hybridized carbons (Fsp3) is 0.308. The molecule has 2 rings (SSSR count). The molecular weight excluding hydrogens is 264 g/mol. The van der Waals surface area contributed by atoms with E-state index in [0.29, 0.717) is 0 Å². The molecule has 3 heteroatoms. The Hall–Kier alpha value is -1.09. The van der Waals surface area contributed by atoms with Crippen LogP contribution in [-0.4, -0.2) is 9.78 Å². The number of hydrogen-bond donors (Lipinski definition) is 0. The molecule has 1 heterocycles. The number of halogens is 1. The molecule has 0 spiro atoms. The molecule has 0 saturated carbocycles. The topological polar surface area (TPSA) is 17.8 Å². The van der Waals surface area contributed by atoms with E-state index in [2.05, 4.69) is 40.1 Å². The third-order valence-corrected chi connectivity index (χ3v) is 3.19.